The average Bonchev–Trinajstić information content (AvgIpc) is 3.15. The molecule has 1 fully saturated rings. The Hall–Kier alpha value is -0.340. The van der Waals surface area contributed by atoms with Crippen molar-refractivity contribution in [3.63, 3.8) is 0 Å². The molecule has 1 saturated carbocycles. The molecule has 2 nitrogen and oxygen atoms in total. The first-order chi connectivity index (χ1) is 7.90. The van der Waals surface area contributed by atoms with Gasteiger partial charge in [0.2, 0.25) is 0 Å². The molecule has 0 spiro atoms. The summed E-state index contributed by atoms with van der Waals surface area (Å²) in [6.45, 7) is 7.13. The molecule has 0 aromatic rings. The second kappa shape index (κ2) is 6.41. The summed E-state index contributed by atoms with van der Waals surface area (Å²) in [6, 6.07) is 0.921. The van der Waals surface area contributed by atoms with Crippen LogP contribution in [0.1, 0.15) is 39.0 Å². The standard InChI is InChI=1S/C14H26N2/c1-2-16(14-8-9-14)11-10-15-12-13-6-4-3-5-7-13/h3-4,13-15H,2,5-12H2,1H3. The van der Waals surface area contributed by atoms with Crippen molar-refractivity contribution in [2.75, 3.05) is 26.2 Å². The van der Waals surface area contributed by atoms with E-state index in [1.165, 1.54) is 58.3 Å². The fourth-order valence-electron chi connectivity index (χ4n) is 2.61. The summed E-state index contributed by atoms with van der Waals surface area (Å²) in [4.78, 5) is 2.62. The van der Waals surface area contributed by atoms with Gasteiger partial charge in [0, 0.05) is 19.1 Å². The summed E-state index contributed by atoms with van der Waals surface area (Å²) in [6.07, 6.45) is 11.5. The summed E-state index contributed by atoms with van der Waals surface area (Å²) in [5.41, 5.74) is 0. The third-order valence-corrected chi connectivity index (χ3v) is 3.86. The molecule has 1 unspecified atom stereocenters. The van der Waals surface area contributed by atoms with E-state index in [2.05, 4.69) is 29.3 Å². The SMILES string of the molecule is CCN(CCNCC1CC=CCC1)C1CC1. The van der Waals surface area contributed by atoms with E-state index in [9.17, 15) is 0 Å². The van der Waals surface area contributed by atoms with Crippen LogP contribution in [0.25, 0.3) is 0 Å². The molecule has 2 aliphatic rings. The molecule has 2 heteroatoms. The summed E-state index contributed by atoms with van der Waals surface area (Å²) in [7, 11) is 0. The van der Waals surface area contributed by atoms with Crippen LogP contribution in [-0.4, -0.2) is 37.1 Å². The number of likely N-dealkylation sites (N-methyl/N-ethyl adjacent to an activating group) is 1. The molecule has 1 N–H and O–H groups in total. The lowest BCUT2D eigenvalue weighted by Gasteiger charge is -2.22. The van der Waals surface area contributed by atoms with Gasteiger partial charge in [0.25, 0.3) is 0 Å². The van der Waals surface area contributed by atoms with Crippen LogP contribution in [0, 0.1) is 5.92 Å². The van der Waals surface area contributed by atoms with Gasteiger partial charge in [-0.15, -0.1) is 0 Å². The van der Waals surface area contributed by atoms with Gasteiger partial charge in [-0.25, -0.2) is 0 Å². The smallest absolute Gasteiger partial charge is 0.0110 e. The molecule has 0 radical (unpaired) electrons. The molecule has 0 aromatic heterocycles. The van der Waals surface area contributed by atoms with Gasteiger partial charge in [-0.1, -0.05) is 19.1 Å². The number of nitrogens with one attached hydrogen (secondary N) is 1. The van der Waals surface area contributed by atoms with Gasteiger partial charge >= 0.3 is 0 Å². The molecule has 2 rings (SSSR count). The Morgan fingerprint density at radius 1 is 1.25 bits per heavy atom. The summed E-state index contributed by atoms with van der Waals surface area (Å²) < 4.78 is 0. The van der Waals surface area contributed by atoms with Gasteiger partial charge in [0.1, 0.15) is 0 Å². The summed E-state index contributed by atoms with van der Waals surface area (Å²) in [5, 5.41) is 3.63. The first-order valence-corrected chi connectivity index (χ1v) is 7.00. The quantitative estimate of drug-likeness (QED) is 0.526. The normalized spacial score (nSPS) is 25.2. The number of hydrogen-bond acceptors (Lipinski definition) is 2. The highest BCUT2D eigenvalue weighted by Crippen LogP contribution is 2.25. The molecule has 92 valence electrons. The zero-order valence-electron chi connectivity index (χ0n) is 10.6. The first-order valence-electron chi connectivity index (χ1n) is 7.00. The van der Waals surface area contributed by atoms with Crippen molar-refractivity contribution in [3.05, 3.63) is 12.2 Å². The Morgan fingerprint density at radius 2 is 2.12 bits per heavy atom. The minimum absolute atomic E-state index is 0.890. The van der Waals surface area contributed by atoms with E-state index in [4.69, 9.17) is 0 Å². The van der Waals surface area contributed by atoms with Crippen LogP contribution in [0.4, 0.5) is 0 Å². The lowest BCUT2D eigenvalue weighted by atomic mass is 9.94. The fourth-order valence-corrected chi connectivity index (χ4v) is 2.61. The largest absolute Gasteiger partial charge is 0.315 e. The third kappa shape index (κ3) is 3.91. The Bertz CT molecular complexity index is 221. The molecule has 0 saturated heterocycles. The van der Waals surface area contributed by atoms with E-state index in [1.807, 2.05) is 0 Å². The molecule has 2 aliphatic carbocycles. The van der Waals surface area contributed by atoms with Gasteiger partial charge in [0.15, 0.2) is 0 Å². The van der Waals surface area contributed by atoms with E-state index >= 15 is 0 Å². The zero-order valence-corrected chi connectivity index (χ0v) is 10.6. The topological polar surface area (TPSA) is 15.3 Å². The summed E-state index contributed by atoms with van der Waals surface area (Å²) in [5.74, 6) is 0.890. The van der Waals surface area contributed by atoms with E-state index in [0.29, 0.717) is 0 Å². The molecule has 0 aromatic carbocycles. The van der Waals surface area contributed by atoms with Crippen molar-refractivity contribution in [1.29, 1.82) is 0 Å². The third-order valence-electron chi connectivity index (χ3n) is 3.86. The highest BCUT2D eigenvalue weighted by Gasteiger charge is 2.27. The monoisotopic (exact) mass is 222 g/mol. The molecule has 0 amide bonds. The van der Waals surface area contributed by atoms with Crippen molar-refractivity contribution < 1.29 is 0 Å². The van der Waals surface area contributed by atoms with Crippen molar-refractivity contribution >= 4 is 0 Å². The van der Waals surface area contributed by atoms with Crippen molar-refractivity contribution in [3.8, 4) is 0 Å². The molecule has 0 heterocycles. The second-order valence-electron chi connectivity index (χ2n) is 5.21. The average molecular weight is 222 g/mol. The van der Waals surface area contributed by atoms with Crippen molar-refractivity contribution in [2.45, 2.75) is 45.1 Å². The molecular weight excluding hydrogens is 196 g/mol. The number of rotatable bonds is 7. The lowest BCUT2D eigenvalue weighted by molar-refractivity contribution is 0.273. The number of nitrogens with zero attached hydrogens (tertiary/aromatic N) is 1. The Kier molecular flexibility index (Phi) is 4.86. The van der Waals surface area contributed by atoms with Gasteiger partial charge in [-0.3, -0.25) is 4.90 Å². The number of allylic oxidation sites excluding steroid dienone is 2. The van der Waals surface area contributed by atoms with Crippen LogP contribution in [0.3, 0.4) is 0 Å². The maximum atomic E-state index is 3.63. The molecule has 0 bridgehead atoms. The van der Waals surface area contributed by atoms with Crippen LogP contribution >= 0.6 is 0 Å². The molecular formula is C14H26N2. The minimum atomic E-state index is 0.890. The minimum Gasteiger partial charge on any atom is -0.315 e. The van der Waals surface area contributed by atoms with Crippen LogP contribution < -0.4 is 5.32 Å². The van der Waals surface area contributed by atoms with Crippen LogP contribution in [-0.2, 0) is 0 Å². The van der Waals surface area contributed by atoms with Crippen molar-refractivity contribution in [1.82, 2.24) is 10.2 Å². The Balaban J connectivity index is 1.52. The maximum Gasteiger partial charge on any atom is 0.0110 e. The van der Waals surface area contributed by atoms with Crippen LogP contribution in [0.15, 0.2) is 12.2 Å². The van der Waals surface area contributed by atoms with Gasteiger partial charge < -0.3 is 5.32 Å². The first kappa shape index (κ1) is 12.1. The highest BCUT2D eigenvalue weighted by molar-refractivity contribution is 4.90. The van der Waals surface area contributed by atoms with E-state index in [1.54, 1.807) is 0 Å². The molecule has 16 heavy (non-hydrogen) atoms. The highest BCUT2D eigenvalue weighted by atomic mass is 15.2. The van der Waals surface area contributed by atoms with E-state index in [0.717, 1.165) is 12.0 Å². The predicted octanol–water partition coefficient (Wildman–Crippen LogP) is 2.42. The number of hydrogen-bond donors (Lipinski definition) is 1. The maximum absolute atomic E-state index is 3.63. The molecule has 1 atom stereocenters. The lowest BCUT2D eigenvalue weighted by Crippen LogP contribution is -2.35. The van der Waals surface area contributed by atoms with Gasteiger partial charge in [0.05, 0.1) is 0 Å². The van der Waals surface area contributed by atoms with Gasteiger partial charge in [-0.2, -0.15) is 0 Å². The van der Waals surface area contributed by atoms with Crippen LogP contribution in [0.5, 0.6) is 0 Å². The van der Waals surface area contributed by atoms with Crippen LogP contribution in [0.2, 0.25) is 0 Å². The van der Waals surface area contributed by atoms with Crippen molar-refractivity contribution in [2.24, 2.45) is 5.92 Å². The fraction of sp³-hybridized carbons (Fsp3) is 0.857. The Labute approximate surface area is 100 Å². The second-order valence-corrected chi connectivity index (χ2v) is 5.21. The Morgan fingerprint density at radius 3 is 2.75 bits per heavy atom. The zero-order chi connectivity index (χ0) is 11.2. The van der Waals surface area contributed by atoms with E-state index in [-0.39, 0.29) is 0 Å². The molecule has 0 aliphatic heterocycles. The van der Waals surface area contributed by atoms with E-state index < -0.39 is 0 Å². The summed E-state index contributed by atoms with van der Waals surface area (Å²) >= 11 is 0. The predicted molar refractivity (Wildman–Crippen MR) is 69.6 cm³/mol. The van der Waals surface area contributed by atoms with Gasteiger partial charge in [-0.05, 0) is 51.1 Å².